The Hall–Kier alpha value is -2.02. The highest BCUT2D eigenvalue weighted by atomic mass is 16.1. The van der Waals surface area contributed by atoms with Gasteiger partial charge in [-0.3, -0.25) is 0 Å². The van der Waals surface area contributed by atoms with Gasteiger partial charge in [0.15, 0.2) is 0 Å². The standard InChI is InChI=1S/C18H24N2O2/c1-11(2)7-16-17(19-9-21)14(12(3)4)8-15(13(5)6)18(16)20-10-22/h8,11-13H,7H2,1-6H3. The van der Waals surface area contributed by atoms with Crippen LogP contribution in [0.2, 0.25) is 0 Å². The first-order valence-corrected chi connectivity index (χ1v) is 7.68. The molecule has 4 heteroatoms. The first-order chi connectivity index (χ1) is 10.3. The van der Waals surface area contributed by atoms with Gasteiger partial charge in [-0.25, -0.2) is 9.59 Å². The van der Waals surface area contributed by atoms with Crippen molar-refractivity contribution in [2.45, 2.75) is 59.8 Å². The third-order valence-electron chi connectivity index (χ3n) is 3.60. The largest absolute Gasteiger partial charge is 0.240 e. The van der Waals surface area contributed by atoms with Crippen molar-refractivity contribution in [1.29, 1.82) is 0 Å². The third kappa shape index (κ3) is 4.00. The van der Waals surface area contributed by atoms with Crippen LogP contribution in [0.5, 0.6) is 0 Å². The quantitative estimate of drug-likeness (QED) is 0.544. The minimum atomic E-state index is 0.213. The van der Waals surface area contributed by atoms with Crippen molar-refractivity contribution in [3.05, 3.63) is 22.8 Å². The molecule has 0 unspecified atom stereocenters. The molecule has 4 nitrogen and oxygen atoms in total. The molecule has 1 aromatic rings. The Balaban J connectivity index is 3.89. The fraction of sp³-hybridized carbons (Fsp3) is 0.556. The summed E-state index contributed by atoms with van der Waals surface area (Å²) in [4.78, 5) is 29.6. The Labute approximate surface area is 132 Å². The number of nitrogens with zero attached hydrogens (tertiary/aromatic N) is 2. The monoisotopic (exact) mass is 300 g/mol. The minimum Gasteiger partial charge on any atom is -0.211 e. The van der Waals surface area contributed by atoms with Crippen molar-refractivity contribution in [3.8, 4) is 0 Å². The maximum atomic E-state index is 10.9. The summed E-state index contributed by atoms with van der Waals surface area (Å²) in [7, 11) is 0. The van der Waals surface area contributed by atoms with E-state index in [1.54, 1.807) is 12.2 Å². The zero-order valence-corrected chi connectivity index (χ0v) is 14.2. The van der Waals surface area contributed by atoms with E-state index in [9.17, 15) is 9.59 Å². The first-order valence-electron chi connectivity index (χ1n) is 7.68. The molecule has 0 aliphatic heterocycles. The smallest absolute Gasteiger partial charge is 0.211 e. The molecule has 0 fully saturated rings. The molecule has 0 bridgehead atoms. The highest BCUT2D eigenvalue weighted by Crippen LogP contribution is 2.42. The summed E-state index contributed by atoms with van der Waals surface area (Å²) >= 11 is 0. The van der Waals surface area contributed by atoms with E-state index in [1.807, 2.05) is 6.07 Å². The van der Waals surface area contributed by atoms with Gasteiger partial charge in [0.25, 0.3) is 0 Å². The fourth-order valence-electron chi connectivity index (χ4n) is 2.60. The normalized spacial score (nSPS) is 10.8. The molecule has 0 aliphatic rings. The highest BCUT2D eigenvalue weighted by molar-refractivity contribution is 5.73. The Kier molecular flexibility index (Phi) is 6.42. The molecule has 0 saturated heterocycles. The van der Waals surface area contributed by atoms with E-state index < -0.39 is 0 Å². The molecule has 22 heavy (non-hydrogen) atoms. The van der Waals surface area contributed by atoms with Crippen molar-refractivity contribution in [2.24, 2.45) is 15.9 Å². The summed E-state index contributed by atoms with van der Waals surface area (Å²) in [5.41, 5.74) is 4.05. The zero-order chi connectivity index (χ0) is 16.9. The topological polar surface area (TPSA) is 58.9 Å². The number of benzene rings is 1. The molecule has 0 heterocycles. The van der Waals surface area contributed by atoms with Gasteiger partial charge in [-0.05, 0) is 35.3 Å². The maximum Gasteiger partial charge on any atom is 0.240 e. The molecule has 1 aromatic carbocycles. The number of aliphatic imine (C=N–C) groups is 2. The molecule has 0 saturated carbocycles. The van der Waals surface area contributed by atoms with E-state index in [-0.39, 0.29) is 11.8 Å². The zero-order valence-electron chi connectivity index (χ0n) is 14.2. The van der Waals surface area contributed by atoms with Gasteiger partial charge in [0.05, 0.1) is 11.4 Å². The molecule has 1 rings (SSSR count). The molecule has 0 spiro atoms. The van der Waals surface area contributed by atoms with Crippen LogP contribution in [0.1, 0.15) is 70.1 Å². The number of hydrogen-bond acceptors (Lipinski definition) is 4. The molecular formula is C18H24N2O2. The van der Waals surface area contributed by atoms with Crippen molar-refractivity contribution < 1.29 is 9.59 Å². The molecule has 0 amide bonds. The fourth-order valence-corrected chi connectivity index (χ4v) is 2.60. The first kappa shape index (κ1) is 18.0. The molecule has 0 atom stereocenters. The van der Waals surface area contributed by atoms with Crippen molar-refractivity contribution in [3.63, 3.8) is 0 Å². The summed E-state index contributed by atoms with van der Waals surface area (Å²) < 4.78 is 0. The van der Waals surface area contributed by atoms with Crippen LogP contribution in [-0.4, -0.2) is 12.2 Å². The van der Waals surface area contributed by atoms with E-state index in [2.05, 4.69) is 51.5 Å². The lowest BCUT2D eigenvalue weighted by atomic mass is 9.86. The average molecular weight is 300 g/mol. The molecule has 0 N–H and O–H groups in total. The second-order valence-corrected chi connectivity index (χ2v) is 6.54. The lowest BCUT2D eigenvalue weighted by molar-refractivity contribution is 0.564. The molecule has 0 aromatic heterocycles. The van der Waals surface area contributed by atoms with Crippen molar-refractivity contribution in [2.75, 3.05) is 0 Å². The Morgan fingerprint density at radius 3 is 1.55 bits per heavy atom. The van der Waals surface area contributed by atoms with Crippen LogP contribution in [0.15, 0.2) is 16.1 Å². The Bertz CT molecular complexity index is 585. The van der Waals surface area contributed by atoms with Crippen molar-refractivity contribution >= 4 is 23.5 Å². The van der Waals surface area contributed by atoms with Gasteiger partial charge in [0.2, 0.25) is 12.2 Å². The van der Waals surface area contributed by atoms with E-state index >= 15 is 0 Å². The van der Waals surface area contributed by atoms with E-state index in [4.69, 9.17) is 0 Å². The minimum absolute atomic E-state index is 0.213. The van der Waals surface area contributed by atoms with E-state index in [0.717, 1.165) is 16.7 Å². The number of hydrogen-bond donors (Lipinski definition) is 0. The molecule has 118 valence electrons. The predicted molar refractivity (Wildman–Crippen MR) is 88.7 cm³/mol. The lowest BCUT2D eigenvalue weighted by Gasteiger charge is -2.21. The molecular weight excluding hydrogens is 276 g/mol. The second kappa shape index (κ2) is 7.84. The Morgan fingerprint density at radius 1 is 0.864 bits per heavy atom. The van der Waals surface area contributed by atoms with Gasteiger partial charge in [-0.15, -0.1) is 0 Å². The van der Waals surface area contributed by atoms with Crippen LogP contribution in [0.4, 0.5) is 11.4 Å². The van der Waals surface area contributed by atoms with Gasteiger partial charge in [-0.2, -0.15) is 9.98 Å². The number of carbonyl (C=O) groups excluding carboxylic acids is 2. The van der Waals surface area contributed by atoms with Gasteiger partial charge in [-0.1, -0.05) is 47.6 Å². The van der Waals surface area contributed by atoms with Gasteiger partial charge in [0.1, 0.15) is 0 Å². The SMILES string of the molecule is CC(C)Cc1c(N=C=O)c(C(C)C)cc(C(C)C)c1N=C=O. The predicted octanol–water partition coefficient (Wildman–Crippen LogP) is 5.07. The third-order valence-corrected chi connectivity index (χ3v) is 3.60. The summed E-state index contributed by atoms with van der Waals surface area (Å²) in [6.45, 7) is 12.4. The second-order valence-electron chi connectivity index (χ2n) is 6.54. The average Bonchev–Trinajstić information content (AvgIpc) is 2.41. The summed E-state index contributed by atoms with van der Waals surface area (Å²) in [6, 6.07) is 2.01. The summed E-state index contributed by atoms with van der Waals surface area (Å²) in [5.74, 6) is 0.776. The van der Waals surface area contributed by atoms with Crippen LogP contribution in [0.3, 0.4) is 0 Å². The number of isocyanates is 2. The van der Waals surface area contributed by atoms with Crippen LogP contribution >= 0.6 is 0 Å². The van der Waals surface area contributed by atoms with Gasteiger partial charge < -0.3 is 0 Å². The Morgan fingerprint density at radius 2 is 1.27 bits per heavy atom. The van der Waals surface area contributed by atoms with Crippen LogP contribution in [-0.2, 0) is 16.0 Å². The van der Waals surface area contributed by atoms with Crippen LogP contribution in [0.25, 0.3) is 0 Å². The summed E-state index contributed by atoms with van der Waals surface area (Å²) in [6.07, 6.45) is 3.99. The van der Waals surface area contributed by atoms with Gasteiger partial charge >= 0.3 is 0 Å². The maximum absolute atomic E-state index is 10.9. The number of rotatable bonds is 6. The molecule has 0 aliphatic carbocycles. The van der Waals surface area contributed by atoms with E-state index in [1.165, 1.54) is 0 Å². The van der Waals surface area contributed by atoms with Crippen molar-refractivity contribution in [1.82, 2.24) is 0 Å². The summed E-state index contributed by atoms with van der Waals surface area (Å²) in [5, 5.41) is 0. The van der Waals surface area contributed by atoms with Gasteiger partial charge in [0, 0.05) is 5.56 Å². The van der Waals surface area contributed by atoms with E-state index in [0.29, 0.717) is 23.7 Å². The highest BCUT2D eigenvalue weighted by Gasteiger charge is 2.21. The van der Waals surface area contributed by atoms with Crippen LogP contribution in [0, 0.1) is 5.92 Å². The molecule has 0 radical (unpaired) electrons. The van der Waals surface area contributed by atoms with Crippen LogP contribution < -0.4 is 0 Å². The lowest BCUT2D eigenvalue weighted by Crippen LogP contribution is -2.03.